The number of hydrogen-bond donors (Lipinski definition) is 0. The van der Waals surface area contributed by atoms with Crippen molar-refractivity contribution in [3.63, 3.8) is 0 Å². The summed E-state index contributed by atoms with van der Waals surface area (Å²) < 4.78 is 31.6. The van der Waals surface area contributed by atoms with Gasteiger partial charge >= 0.3 is 0 Å². The van der Waals surface area contributed by atoms with E-state index in [-0.39, 0.29) is 18.4 Å². The highest BCUT2D eigenvalue weighted by atomic mass is 19.1. The maximum absolute atomic E-state index is 13.4. The zero-order valence-corrected chi connectivity index (χ0v) is 10.6. The number of rotatable bonds is 5. The molecule has 0 bridgehead atoms. The summed E-state index contributed by atoms with van der Waals surface area (Å²) in [6.07, 6.45) is 2.59. The van der Waals surface area contributed by atoms with Gasteiger partial charge in [0, 0.05) is 6.07 Å². The van der Waals surface area contributed by atoms with Crippen LogP contribution in [0.1, 0.15) is 19.3 Å². The predicted molar refractivity (Wildman–Crippen MR) is 66.7 cm³/mol. The SMILES string of the molecule is N#CCC(COc1ccc(F)cc1F)N1CCCC1. The van der Waals surface area contributed by atoms with Crippen molar-refractivity contribution in [2.45, 2.75) is 25.3 Å². The third kappa shape index (κ3) is 3.65. The van der Waals surface area contributed by atoms with Crippen LogP contribution in [0.5, 0.6) is 5.75 Å². The van der Waals surface area contributed by atoms with Gasteiger partial charge < -0.3 is 4.74 Å². The fraction of sp³-hybridized carbons (Fsp3) is 0.500. The average Bonchev–Trinajstić information content (AvgIpc) is 2.90. The second kappa shape index (κ2) is 6.48. The first-order valence-corrected chi connectivity index (χ1v) is 6.39. The first-order chi connectivity index (χ1) is 9.20. The third-order valence-electron chi connectivity index (χ3n) is 3.31. The molecule has 1 atom stereocenters. The summed E-state index contributed by atoms with van der Waals surface area (Å²) in [5, 5.41) is 8.83. The monoisotopic (exact) mass is 266 g/mol. The van der Waals surface area contributed by atoms with Gasteiger partial charge in [-0.15, -0.1) is 0 Å². The first kappa shape index (κ1) is 13.8. The van der Waals surface area contributed by atoms with Crippen LogP contribution in [0.15, 0.2) is 18.2 Å². The largest absolute Gasteiger partial charge is 0.489 e. The number of halogens is 2. The minimum atomic E-state index is -0.711. The standard InChI is InChI=1S/C14H16F2N2O/c15-11-3-4-14(13(16)9-11)19-10-12(5-6-17)18-7-1-2-8-18/h3-4,9,12H,1-2,5,7-8,10H2. The maximum atomic E-state index is 13.4. The minimum absolute atomic E-state index is 0.0306. The second-order valence-corrected chi connectivity index (χ2v) is 4.64. The summed E-state index contributed by atoms with van der Waals surface area (Å²) >= 11 is 0. The van der Waals surface area contributed by atoms with E-state index in [1.54, 1.807) is 0 Å². The molecule has 1 heterocycles. The van der Waals surface area contributed by atoms with Crippen LogP contribution in [0.2, 0.25) is 0 Å². The Morgan fingerprint density at radius 3 is 2.68 bits per heavy atom. The number of nitrogens with zero attached hydrogens (tertiary/aromatic N) is 2. The molecule has 0 aromatic heterocycles. The molecular formula is C14H16F2N2O. The van der Waals surface area contributed by atoms with Crippen molar-refractivity contribution in [1.29, 1.82) is 5.26 Å². The van der Waals surface area contributed by atoms with Crippen LogP contribution in [0.3, 0.4) is 0 Å². The van der Waals surface area contributed by atoms with Gasteiger partial charge in [0.15, 0.2) is 11.6 Å². The molecular weight excluding hydrogens is 250 g/mol. The predicted octanol–water partition coefficient (Wildman–Crippen LogP) is 2.72. The van der Waals surface area contributed by atoms with E-state index < -0.39 is 11.6 Å². The van der Waals surface area contributed by atoms with Gasteiger partial charge in [-0.3, -0.25) is 4.90 Å². The van der Waals surface area contributed by atoms with Crippen molar-refractivity contribution >= 4 is 0 Å². The lowest BCUT2D eigenvalue weighted by molar-refractivity contribution is 0.158. The van der Waals surface area contributed by atoms with E-state index in [0.29, 0.717) is 6.42 Å². The third-order valence-corrected chi connectivity index (χ3v) is 3.31. The van der Waals surface area contributed by atoms with Crippen molar-refractivity contribution in [2.24, 2.45) is 0 Å². The van der Waals surface area contributed by atoms with E-state index in [0.717, 1.165) is 38.1 Å². The second-order valence-electron chi connectivity index (χ2n) is 4.64. The van der Waals surface area contributed by atoms with Crippen LogP contribution in [0.4, 0.5) is 8.78 Å². The van der Waals surface area contributed by atoms with Crippen LogP contribution in [-0.2, 0) is 0 Å². The Kier molecular flexibility index (Phi) is 4.69. The highest BCUT2D eigenvalue weighted by Gasteiger charge is 2.22. The molecule has 1 aromatic rings. The molecule has 1 fully saturated rings. The van der Waals surface area contributed by atoms with Crippen molar-refractivity contribution in [3.05, 3.63) is 29.8 Å². The summed E-state index contributed by atoms with van der Waals surface area (Å²) in [5.41, 5.74) is 0. The van der Waals surface area contributed by atoms with Crippen molar-refractivity contribution in [3.8, 4) is 11.8 Å². The highest BCUT2D eigenvalue weighted by Crippen LogP contribution is 2.20. The molecule has 0 N–H and O–H groups in total. The number of benzene rings is 1. The molecule has 1 aromatic carbocycles. The quantitative estimate of drug-likeness (QED) is 0.822. The van der Waals surface area contributed by atoms with Crippen molar-refractivity contribution < 1.29 is 13.5 Å². The van der Waals surface area contributed by atoms with Crippen molar-refractivity contribution in [2.75, 3.05) is 19.7 Å². The van der Waals surface area contributed by atoms with Crippen LogP contribution >= 0.6 is 0 Å². The zero-order chi connectivity index (χ0) is 13.7. The molecule has 19 heavy (non-hydrogen) atoms. The lowest BCUT2D eigenvalue weighted by Gasteiger charge is -2.25. The van der Waals surface area contributed by atoms with E-state index >= 15 is 0 Å². The summed E-state index contributed by atoms with van der Waals surface area (Å²) in [6, 6.07) is 5.33. The molecule has 2 rings (SSSR count). The van der Waals surface area contributed by atoms with Gasteiger partial charge in [0.2, 0.25) is 0 Å². The molecule has 1 unspecified atom stereocenters. The van der Waals surface area contributed by atoms with E-state index in [1.807, 2.05) is 0 Å². The lowest BCUT2D eigenvalue weighted by Crippen LogP contribution is -2.37. The van der Waals surface area contributed by atoms with Crippen LogP contribution in [0, 0.1) is 23.0 Å². The summed E-state index contributed by atoms with van der Waals surface area (Å²) in [4.78, 5) is 2.19. The molecule has 1 saturated heterocycles. The molecule has 0 saturated carbocycles. The van der Waals surface area contributed by atoms with Crippen LogP contribution in [0.25, 0.3) is 0 Å². The Morgan fingerprint density at radius 2 is 2.05 bits per heavy atom. The Labute approximate surface area is 111 Å². The van der Waals surface area contributed by atoms with Gasteiger partial charge in [0.05, 0.1) is 18.5 Å². The lowest BCUT2D eigenvalue weighted by atomic mass is 10.2. The number of likely N-dealkylation sites (tertiary alicyclic amines) is 1. The fourth-order valence-electron chi connectivity index (χ4n) is 2.28. The molecule has 0 spiro atoms. The fourth-order valence-corrected chi connectivity index (χ4v) is 2.28. The van der Waals surface area contributed by atoms with E-state index in [1.165, 1.54) is 6.07 Å². The van der Waals surface area contributed by atoms with Crippen LogP contribution < -0.4 is 4.74 Å². The summed E-state index contributed by atoms with van der Waals surface area (Å²) in [5.74, 6) is -1.31. The number of hydrogen-bond acceptors (Lipinski definition) is 3. The van der Waals surface area contributed by atoms with Gasteiger partial charge in [-0.05, 0) is 38.1 Å². The van der Waals surface area contributed by atoms with Crippen molar-refractivity contribution in [1.82, 2.24) is 4.90 Å². The summed E-state index contributed by atoms with van der Waals surface area (Å²) in [6.45, 7) is 2.14. The molecule has 1 aliphatic rings. The Bertz CT molecular complexity index is 467. The smallest absolute Gasteiger partial charge is 0.167 e. The molecule has 0 amide bonds. The topological polar surface area (TPSA) is 36.3 Å². The molecule has 3 nitrogen and oxygen atoms in total. The van der Waals surface area contributed by atoms with E-state index in [2.05, 4.69) is 11.0 Å². The summed E-state index contributed by atoms with van der Waals surface area (Å²) in [7, 11) is 0. The molecule has 5 heteroatoms. The van der Waals surface area contributed by atoms with Gasteiger partial charge in [-0.1, -0.05) is 0 Å². The average molecular weight is 266 g/mol. The van der Waals surface area contributed by atoms with Gasteiger partial charge in [0.1, 0.15) is 12.4 Å². The Hall–Kier alpha value is -1.67. The molecule has 102 valence electrons. The zero-order valence-electron chi connectivity index (χ0n) is 10.6. The molecule has 0 radical (unpaired) electrons. The normalized spacial score (nSPS) is 17.1. The van der Waals surface area contributed by atoms with Gasteiger partial charge in [-0.2, -0.15) is 5.26 Å². The number of nitriles is 1. The first-order valence-electron chi connectivity index (χ1n) is 6.39. The Balaban J connectivity index is 1.96. The number of ether oxygens (including phenoxy) is 1. The van der Waals surface area contributed by atoms with Crippen LogP contribution in [-0.4, -0.2) is 30.6 Å². The molecule has 1 aliphatic heterocycles. The highest BCUT2D eigenvalue weighted by molar-refractivity contribution is 5.24. The van der Waals surface area contributed by atoms with E-state index in [9.17, 15) is 8.78 Å². The maximum Gasteiger partial charge on any atom is 0.167 e. The van der Waals surface area contributed by atoms with Gasteiger partial charge in [0.25, 0.3) is 0 Å². The van der Waals surface area contributed by atoms with E-state index in [4.69, 9.17) is 10.00 Å². The molecule has 0 aliphatic carbocycles. The van der Waals surface area contributed by atoms with Gasteiger partial charge in [-0.25, -0.2) is 8.78 Å². The minimum Gasteiger partial charge on any atom is -0.489 e. The Morgan fingerprint density at radius 1 is 1.32 bits per heavy atom.